The Morgan fingerprint density at radius 2 is 2.00 bits per heavy atom. The molecule has 110 valence electrons. The van der Waals surface area contributed by atoms with Gasteiger partial charge in [-0.2, -0.15) is 0 Å². The van der Waals surface area contributed by atoms with Gasteiger partial charge in [-0.25, -0.2) is 4.79 Å². The van der Waals surface area contributed by atoms with E-state index >= 15 is 0 Å². The zero-order valence-corrected chi connectivity index (χ0v) is 12.3. The Balaban J connectivity index is 1.79. The molecule has 0 bridgehead atoms. The molecule has 1 heterocycles. The summed E-state index contributed by atoms with van der Waals surface area (Å²) in [6.07, 6.45) is 0. The Labute approximate surface area is 120 Å². The van der Waals surface area contributed by atoms with Crippen LogP contribution in [0.25, 0.3) is 0 Å². The van der Waals surface area contributed by atoms with Crippen LogP contribution in [-0.2, 0) is 4.74 Å². The average molecular weight is 277 g/mol. The summed E-state index contributed by atoms with van der Waals surface area (Å²) < 4.78 is 5.34. The first kappa shape index (κ1) is 14.8. The van der Waals surface area contributed by atoms with E-state index < -0.39 is 0 Å². The molecule has 2 rings (SSSR count). The number of ether oxygens (including phenoxy) is 1. The normalized spacial score (nSPS) is 17.1. The third-order valence-electron chi connectivity index (χ3n) is 3.72. The number of hydrogen-bond donors (Lipinski definition) is 1. The van der Waals surface area contributed by atoms with Gasteiger partial charge in [0.2, 0.25) is 0 Å². The van der Waals surface area contributed by atoms with E-state index in [-0.39, 0.29) is 5.97 Å². The van der Waals surface area contributed by atoms with Gasteiger partial charge in [0.1, 0.15) is 6.61 Å². The summed E-state index contributed by atoms with van der Waals surface area (Å²) in [6.45, 7) is 7.31. The van der Waals surface area contributed by atoms with Crippen molar-refractivity contribution in [3.63, 3.8) is 0 Å². The molecule has 0 unspecified atom stereocenters. The molecule has 1 aliphatic rings. The van der Waals surface area contributed by atoms with Crippen molar-refractivity contribution in [1.82, 2.24) is 9.80 Å². The number of aryl methyl sites for hydroxylation is 1. The Hall–Kier alpha value is -1.59. The summed E-state index contributed by atoms with van der Waals surface area (Å²) in [5, 5.41) is 0. The van der Waals surface area contributed by atoms with Gasteiger partial charge in [-0.3, -0.25) is 4.90 Å². The topological polar surface area (TPSA) is 58.8 Å². The van der Waals surface area contributed by atoms with Gasteiger partial charge in [-0.1, -0.05) is 6.07 Å². The first-order valence-electron chi connectivity index (χ1n) is 7.00. The fraction of sp³-hybridized carbons (Fsp3) is 0.533. The van der Waals surface area contributed by atoms with Crippen LogP contribution in [0.4, 0.5) is 5.69 Å². The second kappa shape index (κ2) is 6.72. The summed E-state index contributed by atoms with van der Waals surface area (Å²) in [6, 6.07) is 5.30. The number of piperazine rings is 1. The second-order valence-electron chi connectivity index (χ2n) is 5.36. The summed E-state index contributed by atoms with van der Waals surface area (Å²) in [5.74, 6) is -0.288. The quantitative estimate of drug-likeness (QED) is 0.657. The lowest BCUT2D eigenvalue weighted by Gasteiger charge is -2.32. The largest absolute Gasteiger partial charge is 0.461 e. The third kappa shape index (κ3) is 3.95. The molecule has 20 heavy (non-hydrogen) atoms. The SMILES string of the molecule is Cc1ccc(N)cc1C(=O)OCCN1CCN(C)CC1. The van der Waals surface area contributed by atoms with Crippen LogP contribution < -0.4 is 5.73 Å². The van der Waals surface area contributed by atoms with Crippen molar-refractivity contribution >= 4 is 11.7 Å². The maximum absolute atomic E-state index is 12.0. The van der Waals surface area contributed by atoms with Gasteiger partial charge in [0.15, 0.2) is 0 Å². The summed E-state index contributed by atoms with van der Waals surface area (Å²) in [7, 11) is 2.12. The minimum Gasteiger partial charge on any atom is -0.461 e. The number of hydrogen-bond acceptors (Lipinski definition) is 5. The van der Waals surface area contributed by atoms with Crippen LogP contribution in [0.1, 0.15) is 15.9 Å². The standard InChI is InChI=1S/C15H23N3O2/c1-12-3-4-13(16)11-14(12)15(19)20-10-9-18-7-5-17(2)6-8-18/h3-4,11H,5-10,16H2,1-2H3. The summed E-state index contributed by atoms with van der Waals surface area (Å²) in [4.78, 5) is 16.6. The molecule has 1 saturated heterocycles. The van der Waals surface area contributed by atoms with Crippen LogP contribution in [0.5, 0.6) is 0 Å². The van der Waals surface area contributed by atoms with E-state index in [9.17, 15) is 4.79 Å². The summed E-state index contributed by atoms with van der Waals surface area (Å²) >= 11 is 0. The summed E-state index contributed by atoms with van der Waals surface area (Å²) in [5.41, 5.74) is 7.74. The Kier molecular flexibility index (Phi) is 4.98. The van der Waals surface area contributed by atoms with Crippen molar-refractivity contribution in [2.75, 3.05) is 52.1 Å². The molecular formula is C15H23N3O2. The highest BCUT2D eigenvalue weighted by molar-refractivity contribution is 5.92. The highest BCUT2D eigenvalue weighted by atomic mass is 16.5. The molecule has 1 aromatic rings. The highest BCUT2D eigenvalue weighted by Crippen LogP contribution is 2.13. The molecule has 0 amide bonds. The fourth-order valence-corrected chi connectivity index (χ4v) is 2.28. The van der Waals surface area contributed by atoms with Crippen molar-refractivity contribution in [1.29, 1.82) is 0 Å². The highest BCUT2D eigenvalue weighted by Gasteiger charge is 2.15. The second-order valence-corrected chi connectivity index (χ2v) is 5.36. The van der Waals surface area contributed by atoms with Gasteiger partial charge < -0.3 is 15.4 Å². The lowest BCUT2D eigenvalue weighted by atomic mass is 10.1. The van der Waals surface area contributed by atoms with Gasteiger partial charge in [-0.15, -0.1) is 0 Å². The minimum atomic E-state index is -0.288. The zero-order chi connectivity index (χ0) is 14.5. The van der Waals surface area contributed by atoms with Crippen molar-refractivity contribution < 1.29 is 9.53 Å². The molecular weight excluding hydrogens is 254 g/mol. The number of benzene rings is 1. The number of likely N-dealkylation sites (N-methyl/N-ethyl adjacent to an activating group) is 1. The van der Waals surface area contributed by atoms with E-state index in [0.29, 0.717) is 17.9 Å². The van der Waals surface area contributed by atoms with Crippen LogP contribution in [0.3, 0.4) is 0 Å². The third-order valence-corrected chi connectivity index (χ3v) is 3.72. The number of nitrogen functional groups attached to an aromatic ring is 1. The van der Waals surface area contributed by atoms with Crippen LogP contribution >= 0.6 is 0 Å². The molecule has 2 N–H and O–H groups in total. The number of anilines is 1. The molecule has 1 aliphatic heterocycles. The van der Waals surface area contributed by atoms with Crippen molar-refractivity contribution in [3.05, 3.63) is 29.3 Å². The van der Waals surface area contributed by atoms with Gasteiger partial charge in [-0.05, 0) is 31.7 Å². The van der Waals surface area contributed by atoms with Crippen LogP contribution in [0.2, 0.25) is 0 Å². The number of rotatable bonds is 4. The van der Waals surface area contributed by atoms with Gasteiger partial charge in [0, 0.05) is 38.4 Å². The zero-order valence-electron chi connectivity index (χ0n) is 12.3. The number of nitrogens with two attached hydrogens (primary N) is 1. The maximum Gasteiger partial charge on any atom is 0.338 e. The molecule has 1 aromatic carbocycles. The van der Waals surface area contributed by atoms with Gasteiger partial charge in [0.05, 0.1) is 5.56 Å². The average Bonchev–Trinajstić information content (AvgIpc) is 2.43. The van der Waals surface area contributed by atoms with E-state index in [4.69, 9.17) is 10.5 Å². The molecule has 0 aliphatic carbocycles. The van der Waals surface area contributed by atoms with Crippen LogP contribution in [0, 0.1) is 6.92 Å². The lowest BCUT2D eigenvalue weighted by Crippen LogP contribution is -2.45. The first-order chi connectivity index (χ1) is 9.56. The van der Waals surface area contributed by atoms with E-state index in [1.807, 2.05) is 13.0 Å². The number of carbonyl (C=O) groups is 1. The molecule has 5 heteroatoms. The molecule has 0 atom stereocenters. The number of esters is 1. The Morgan fingerprint density at radius 1 is 1.30 bits per heavy atom. The minimum absolute atomic E-state index is 0.288. The molecule has 0 saturated carbocycles. The first-order valence-corrected chi connectivity index (χ1v) is 7.00. The lowest BCUT2D eigenvalue weighted by molar-refractivity contribution is 0.0431. The van der Waals surface area contributed by atoms with E-state index in [0.717, 1.165) is 38.3 Å². The Bertz CT molecular complexity index is 468. The predicted octanol–water partition coefficient (Wildman–Crippen LogP) is 0.981. The van der Waals surface area contributed by atoms with Gasteiger partial charge in [0.25, 0.3) is 0 Å². The Morgan fingerprint density at radius 3 is 2.70 bits per heavy atom. The van der Waals surface area contributed by atoms with Crippen molar-refractivity contribution in [3.8, 4) is 0 Å². The predicted molar refractivity (Wildman–Crippen MR) is 79.8 cm³/mol. The maximum atomic E-state index is 12.0. The molecule has 1 fully saturated rings. The fourth-order valence-electron chi connectivity index (χ4n) is 2.28. The molecule has 0 radical (unpaired) electrons. The van der Waals surface area contributed by atoms with E-state index in [1.54, 1.807) is 12.1 Å². The number of carbonyl (C=O) groups excluding carboxylic acids is 1. The smallest absolute Gasteiger partial charge is 0.338 e. The monoisotopic (exact) mass is 277 g/mol. The van der Waals surface area contributed by atoms with E-state index in [2.05, 4.69) is 16.8 Å². The number of nitrogens with zero attached hydrogens (tertiary/aromatic N) is 2. The van der Waals surface area contributed by atoms with E-state index in [1.165, 1.54) is 0 Å². The van der Waals surface area contributed by atoms with Gasteiger partial charge >= 0.3 is 5.97 Å². The molecule has 0 aromatic heterocycles. The van der Waals surface area contributed by atoms with Crippen molar-refractivity contribution in [2.24, 2.45) is 0 Å². The van der Waals surface area contributed by atoms with Crippen LogP contribution in [-0.4, -0.2) is 62.1 Å². The molecule has 5 nitrogen and oxygen atoms in total. The van der Waals surface area contributed by atoms with Crippen LogP contribution in [0.15, 0.2) is 18.2 Å². The van der Waals surface area contributed by atoms with Crippen molar-refractivity contribution in [2.45, 2.75) is 6.92 Å². The molecule has 0 spiro atoms.